The molecule has 0 aliphatic carbocycles. The molecule has 54 valence electrons. The molecule has 0 aliphatic rings. The first-order chi connectivity index (χ1) is 4.41. The maximum Gasteiger partial charge on any atom is -0.0383 e. The van der Waals surface area contributed by atoms with Crippen LogP contribution >= 0.6 is 0 Å². The molecule has 0 heteroatoms. The summed E-state index contributed by atoms with van der Waals surface area (Å²) in [6.07, 6.45) is 11.2. The van der Waals surface area contributed by atoms with Crippen LogP contribution in [0.1, 0.15) is 46.0 Å². The molecule has 0 N–H and O–H groups in total. The lowest BCUT2D eigenvalue weighted by Gasteiger charge is -1.95. The molecule has 0 aromatic heterocycles. The summed E-state index contributed by atoms with van der Waals surface area (Å²) < 4.78 is 0. The van der Waals surface area contributed by atoms with Crippen molar-refractivity contribution in [3.05, 3.63) is 12.8 Å². The Labute approximate surface area is 59.7 Å². The van der Waals surface area contributed by atoms with E-state index in [1.54, 1.807) is 0 Å². The average molecular weight is 126 g/mol. The van der Waals surface area contributed by atoms with E-state index < -0.39 is 0 Å². The topological polar surface area (TPSA) is 0 Å². The molecule has 0 heterocycles. The Balaban J connectivity index is 2.60. The van der Waals surface area contributed by atoms with E-state index in [0.717, 1.165) is 0 Å². The smallest absolute Gasteiger partial charge is 0.0383 e. The van der Waals surface area contributed by atoms with Crippen molar-refractivity contribution < 1.29 is 0 Å². The standard InChI is InChI=1S/C9H18/c1-3-5-7-9-8-6-4-2/h3,7H,4-6,8-9H2,1-2H3. The third-order valence-corrected chi connectivity index (χ3v) is 1.41. The molecule has 0 fully saturated rings. The van der Waals surface area contributed by atoms with Crippen molar-refractivity contribution in [1.82, 2.24) is 0 Å². The van der Waals surface area contributed by atoms with Crippen LogP contribution < -0.4 is 0 Å². The summed E-state index contributed by atoms with van der Waals surface area (Å²) in [6.45, 7) is 4.35. The van der Waals surface area contributed by atoms with Gasteiger partial charge in [0.25, 0.3) is 0 Å². The second kappa shape index (κ2) is 8.00. The molecule has 0 aromatic carbocycles. The van der Waals surface area contributed by atoms with Gasteiger partial charge in [0.1, 0.15) is 0 Å². The molecular weight excluding hydrogens is 108 g/mol. The first-order valence-corrected chi connectivity index (χ1v) is 4.01. The summed E-state index contributed by atoms with van der Waals surface area (Å²) >= 11 is 0. The van der Waals surface area contributed by atoms with Gasteiger partial charge in [0.2, 0.25) is 0 Å². The first kappa shape index (κ1) is 9.00. The molecule has 0 atom stereocenters. The van der Waals surface area contributed by atoms with Gasteiger partial charge in [-0.15, -0.1) is 0 Å². The van der Waals surface area contributed by atoms with Crippen LogP contribution in [0.15, 0.2) is 0 Å². The third-order valence-electron chi connectivity index (χ3n) is 1.41. The fraction of sp³-hybridized carbons (Fsp3) is 0.778. The Hall–Kier alpha value is 0. The van der Waals surface area contributed by atoms with Crippen LogP contribution in [0.4, 0.5) is 0 Å². The zero-order valence-electron chi connectivity index (χ0n) is 6.69. The first-order valence-electron chi connectivity index (χ1n) is 4.01. The maximum atomic E-state index is 2.36. The van der Waals surface area contributed by atoms with E-state index in [1.165, 1.54) is 32.1 Å². The van der Waals surface area contributed by atoms with E-state index in [2.05, 4.69) is 26.7 Å². The molecule has 0 spiro atoms. The normalized spacial score (nSPS) is 10.0. The Morgan fingerprint density at radius 1 is 1.22 bits per heavy atom. The van der Waals surface area contributed by atoms with Crippen molar-refractivity contribution in [2.75, 3.05) is 0 Å². The Morgan fingerprint density at radius 3 is 2.56 bits per heavy atom. The quantitative estimate of drug-likeness (QED) is 0.478. The van der Waals surface area contributed by atoms with E-state index in [-0.39, 0.29) is 0 Å². The van der Waals surface area contributed by atoms with Gasteiger partial charge in [0.05, 0.1) is 0 Å². The van der Waals surface area contributed by atoms with Crippen LogP contribution in [0.5, 0.6) is 0 Å². The summed E-state index contributed by atoms with van der Waals surface area (Å²) in [5, 5.41) is 0. The lowest BCUT2D eigenvalue weighted by Crippen LogP contribution is -1.77. The molecule has 0 bridgehead atoms. The molecule has 0 saturated heterocycles. The van der Waals surface area contributed by atoms with Crippen LogP contribution in [0.2, 0.25) is 0 Å². The van der Waals surface area contributed by atoms with Crippen molar-refractivity contribution in [2.45, 2.75) is 46.0 Å². The molecule has 2 radical (unpaired) electrons. The van der Waals surface area contributed by atoms with Gasteiger partial charge in [-0.05, 0) is 19.3 Å². The fourth-order valence-electron chi connectivity index (χ4n) is 0.823. The van der Waals surface area contributed by atoms with Crippen molar-refractivity contribution in [3.63, 3.8) is 0 Å². The predicted octanol–water partition coefficient (Wildman–Crippen LogP) is 3.39. The predicted molar refractivity (Wildman–Crippen MR) is 43.0 cm³/mol. The van der Waals surface area contributed by atoms with Crippen molar-refractivity contribution in [2.24, 2.45) is 0 Å². The largest absolute Gasteiger partial charge is 0.0654 e. The second-order valence-electron chi connectivity index (χ2n) is 2.43. The van der Waals surface area contributed by atoms with Gasteiger partial charge < -0.3 is 0 Å². The van der Waals surface area contributed by atoms with Gasteiger partial charge >= 0.3 is 0 Å². The number of hydrogen-bond acceptors (Lipinski definition) is 0. The molecule has 0 nitrogen and oxygen atoms in total. The molecular formula is C9H18. The molecule has 9 heavy (non-hydrogen) atoms. The molecule has 0 aliphatic heterocycles. The van der Waals surface area contributed by atoms with Crippen LogP contribution in [0.3, 0.4) is 0 Å². The third kappa shape index (κ3) is 8.00. The van der Waals surface area contributed by atoms with E-state index in [4.69, 9.17) is 0 Å². The lowest BCUT2D eigenvalue weighted by molar-refractivity contribution is 0.700. The van der Waals surface area contributed by atoms with Gasteiger partial charge in [-0.1, -0.05) is 39.5 Å². The highest BCUT2D eigenvalue weighted by Crippen LogP contribution is 2.04. The minimum Gasteiger partial charge on any atom is -0.0654 e. The SMILES string of the molecule is C[CH]C[CH]CCCCC. The highest BCUT2D eigenvalue weighted by atomic mass is 13.9. The minimum absolute atomic E-state index is 1.18. The fourth-order valence-corrected chi connectivity index (χ4v) is 0.823. The maximum absolute atomic E-state index is 2.36. The Bertz CT molecular complexity index is 33.3. The average Bonchev–Trinajstić information content (AvgIpc) is 1.89. The van der Waals surface area contributed by atoms with E-state index >= 15 is 0 Å². The Morgan fingerprint density at radius 2 is 2.00 bits per heavy atom. The molecule has 0 unspecified atom stereocenters. The van der Waals surface area contributed by atoms with E-state index in [1.807, 2.05) is 0 Å². The summed E-state index contributed by atoms with van der Waals surface area (Å²) in [6, 6.07) is 0. The molecule has 0 rings (SSSR count). The summed E-state index contributed by atoms with van der Waals surface area (Å²) in [4.78, 5) is 0. The second-order valence-corrected chi connectivity index (χ2v) is 2.43. The zero-order valence-corrected chi connectivity index (χ0v) is 6.69. The van der Waals surface area contributed by atoms with Crippen LogP contribution in [-0.4, -0.2) is 0 Å². The minimum atomic E-state index is 1.18. The summed E-state index contributed by atoms with van der Waals surface area (Å²) in [5.41, 5.74) is 0. The van der Waals surface area contributed by atoms with Crippen LogP contribution in [0, 0.1) is 12.8 Å². The highest BCUT2D eigenvalue weighted by Gasteiger charge is 1.86. The Kier molecular flexibility index (Phi) is 8.00. The lowest BCUT2D eigenvalue weighted by atomic mass is 10.1. The van der Waals surface area contributed by atoms with Crippen molar-refractivity contribution in [3.8, 4) is 0 Å². The van der Waals surface area contributed by atoms with Crippen LogP contribution in [-0.2, 0) is 0 Å². The van der Waals surface area contributed by atoms with Gasteiger partial charge in [0, 0.05) is 0 Å². The zero-order chi connectivity index (χ0) is 6.95. The van der Waals surface area contributed by atoms with Crippen molar-refractivity contribution >= 4 is 0 Å². The van der Waals surface area contributed by atoms with Gasteiger partial charge in [-0.25, -0.2) is 0 Å². The van der Waals surface area contributed by atoms with E-state index in [0.29, 0.717) is 0 Å². The highest BCUT2D eigenvalue weighted by molar-refractivity contribution is 4.71. The van der Waals surface area contributed by atoms with Gasteiger partial charge in [0.15, 0.2) is 0 Å². The molecule has 0 amide bonds. The summed E-state index contributed by atoms with van der Waals surface area (Å²) in [7, 11) is 0. The van der Waals surface area contributed by atoms with Crippen molar-refractivity contribution in [1.29, 1.82) is 0 Å². The van der Waals surface area contributed by atoms with Gasteiger partial charge in [-0.3, -0.25) is 0 Å². The summed E-state index contributed by atoms with van der Waals surface area (Å²) in [5.74, 6) is 0. The number of unbranched alkanes of at least 4 members (excludes halogenated alkanes) is 6. The molecule has 0 saturated carbocycles. The van der Waals surface area contributed by atoms with Crippen LogP contribution in [0.25, 0.3) is 0 Å². The van der Waals surface area contributed by atoms with E-state index in [9.17, 15) is 0 Å². The van der Waals surface area contributed by atoms with Gasteiger partial charge in [-0.2, -0.15) is 0 Å². The monoisotopic (exact) mass is 126 g/mol. The molecule has 0 aromatic rings. The number of rotatable bonds is 6. The number of hydrogen-bond donors (Lipinski definition) is 0.